The van der Waals surface area contributed by atoms with E-state index in [4.69, 9.17) is 9.47 Å². The number of esters is 1. The van der Waals surface area contributed by atoms with Crippen molar-refractivity contribution in [2.24, 2.45) is 5.92 Å². The van der Waals surface area contributed by atoms with Crippen molar-refractivity contribution in [3.05, 3.63) is 47.2 Å². The Bertz CT molecular complexity index is 1220. The molecule has 1 aromatic heterocycles. The molecule has 1 aliphatic heterocycles. The van der Waals surface area contributed by atoms with Crippen molar-refractivity contribution in [2.75, 3.05) is 19.0 Å². The average molecular weight is 532 g/mol. The minimum Gasteiger partial charge on any atom is -0.481 e. The molecule has 2 aromatic rings. The average Bonchev–Trinajstić information content (AvgIpc) is 2.77. The lowest BCUT2D eigenvalue weighted by molar-refractivity contribution is -0.161. The summed E-state index contributed by atoms with van der Waals surface area (Å²) in [6.07, 6.45) is 0.852. The van der Waals surface area contributed by atoms with Gasteiger partial charge in [0.25, 0.3) is 5.91 Å². The fraction of sp³-hybridized carbons (Fsp3) is 0.462. The first kappa shape index (κ1) is 26.7. The number of halogens is 2. The highest BCUT2D eigenvalue weighted by molar-refractivity contribution is 6.88. The molecule has 2 aliphatic rings. The molecular weight excluding hydrogens is 500 g/mol. The number of methoxy groups -OCH3 is 1. The van der Waals surface area contributed by atoms with Gasteiger partial charge in [-0.3, -0.25) is 14.4 Å². The van der Waals surface area contributed by atoms with Crippen LogP contribution in [0.3, 0.4) is 0 Å². The number of benzene rings is 1. The molecule has 4 rings (SSSR count). The number of fused-ring (bicyclic) bond motifs is 1. The van der Waals surface area contributed by atoms with Crippen molar-refractivity contribution in [3.8, 4) is 5.88 Å². The summed E-state index contributed by atoms with van der Waals surface area (Å²) < 4.78 is 40.0. The standard InChI is InChI=1S/C26H31F2N3O5Si/c1-14(32)36-17-10-15(11-17)26(34)31-9-8-21-18(6-7-22(30-21)35-2)23(31)25(33)29-16-12-19(27)24(20(28)13-16)37(3,4)5/h6-7,12-13,15,17,23H,8-11H2,1-5H3,(H,29,33)/t15?,17?,23-/m1/s1. The lowest BCUT2D eigenvalue weighted by Crippen LogP contribution is -2.51. The van der Waals surface area contributed by atoms with E-state index in [1.807, 2.05) is 19.6 Å². The Morgan fingerprint density at radius 1 is 1.11 bits per heavy atom. The van der Waals surface area contributed by atoms with Crippen molar-refractivity contribution in [1.82, 2.24) is 9.88 Å². The number of carbonyl (C=O) groups excluding carboxylic acids is 3. The van der Waals surface area contributed by atoms with Crippen molar-refractivity contribution in [1.29, 1.82) is 0 Å². The normalized spacial score (nSPS) is 20.9. The maximum atomic E-state index is 14.8. The molecule has 1 atom stereocenters. The fourth-order valence-corrected chi connectivity index (χ4v) is 6.58. The van der Waals surface area contributed by atoms with Gasteiger partial charge in [-0.05, 0) is 31.0 Å². The molecule has 1 aliphatic carbocycles. The van der Waals surface area contributed by atoms with Crippen molar-refractivity contribution < 1.29 is 32.6 Å². The smallest absolute Gasteiger partial charge is 0.302 e. The van der Waals surface area contributed by atoms with Crippen LogP contribution in [0.1, 0.15) is 37.1 Å². The molecule has 1 saturated carbocycles. The third-order valence-corrected chi connectivity index (χ3v) is 8.73. The second-order valence-corrected chi connectivity index (χ2v) is 15.5. The summed E-state index contributed by atoms with van der Waals surface area (Å²) in [5.74, 6) is -2.66. The van der Waals surface area contributed by atoms with Crippen LogP contribution in [0.5, 0.6) is 5.88 Å². The van der Waals surface area contributed by atoms with E-state index in [-0.39, 0.29) is 29.4 Å². The number of nitrogens with one attached hydrogen (secondary N) is 1. The van der Waals surface area contributed by atoms with Gasteiger partial charge in [0.15, 0.2) is 0 Å². The fourth-order valence-electron chi connectivity index (χ4n) is 5.00. The first-order chi connectivity index (χ1) is 17.4. The van der Waals surface area contributed by atoms with Gasteiger partial charge < -0.3 is 19.7 Å². The van der Waals surface area contributed by atoms with Gasteiger partial charge in [-0.2, -0.15) is 0 Å². The first-order valence-corrected chi connectivity index (χ1v) is 15.7. The number of rotatable bonds is 6. The van der Waals surface area contributed by atoms with E-state index in [0.29, 0.717) is 36.4 Å². The zero-order chi connectivity index (χ0) is 27.1. The maximum Gasteiger partial charge on any atom is 0.302 e. The first-order valence-electron chi connectivity index (χ1n) is 12.2. The lowest BCUT2D eigenvalue weighted by Gasteiger charge is -2.41. The van der Waals surface area contributed by atoms with Crippen molar-refractivity contribution >= 4 is 36.7 Å². The largest absolute Gasteiger partial charge is 0.481 e. The summed E-state index contributed by atoms with van der Waals surface area (Å²) in [5.41, 5.74) is 1.11. The molecule has 2 amide bonds. The molecule has 8 nitrogen and oxygen atoms in total. The topological polar surface area (TPSA) is 97.8 Å². The highest BCUT2D eigenvalue weighted by Crippen LogP contribution is 2.37. The van der Waals surface area contributed by atoms with Crippen LogP contribution in [0.4, 0.5) is 14.5 Å². The van der Waals surface area contributed by atoms with E-state index in [9.17, 15) is 23.2 Å². The molecular formula is C26H31F2N3O5Si. The van der Waals surface area contributed by atoms with Crippen LogP contribution in [0.15, 0.2) is 24.3 Å². The number of amides is 2. The van der Waals surface area contributed by atoms with Gasteiger partial charge in [0.2, 0.25) is 11.8 Å². The van der Waals surface area contributed by atoms with Gasteiger partial charge in [-0.1, -0.05) is 19.6 Å². The van der Waals surface area contributed by atoms with E-state index in [1.54, 1.807) is 12.1 Å². The van der Waals surface area contributed by atoms with Gasteiger partial charge >= 0.3 is 5.97 Å². The highest BCUT2D eigenvalue weighted by atomic mass is 28.3. The number of carbonyl (C=O) groups is 3. The Kier molecular flexibility index (Phi) is 7.36. The second kappa shape index (κ2) is 10.2. The molecule has 11 heteroatoms. The minimum atomic E-state index is -2.29. The van der Waals surface area contributed by atoms with Gasteiger partial charge in [0.1, 0.15) is 23.8 Å². The maximum absolute atomic E-state index is 14.8. The monoisotopic (exact) mass is 531 g/mol. The van der Waals surface area contributed by atoms with Crippen molar-refractivity contribution in [3.63, 3.8) is 0 Å². The van der Waals surface area contributed by atoms with Crippen LogP contribution in [0.2, 0.25) is 19.6 Å². The third-order valence-electron chi connectivity index (χ3n) is 6.76. The van der Waals surface area contributed by atoms with Crippen LogP contribution in [0.25, 0.3) is 0 Å². The van der Waals surface area contributed by atoms with Gasteiger partial charge in [0, 0.05) is 48.3 Å². The van der Waals surface area contributed by atoms with E-state index >= 15 is 0 Å². The molecule has 1 fully saturated rings. The number of hydrogen-bond donors (Lipinski definition) is 1. The van der Waals surface area contributed by atoms with E-state index < -0.39 is 43.5 Å². The zero-order valence-corrected chi connectivity index (χ0v) is 22.6. The summed E-state index contributed by atoms with van der Waals surface area (Å²) in [7, 11) is -0.807. The van der Waals surface area contributed by atoms with Crippen LogP contribution in [0, 0.1) is 17.6 Å². The Balaban J connectivity index is 1.62. The third kappa shape index (κ3) is 5.51. The molecule has 0 unspecified atom stereocenters. The summed E-state index contributed by atoms with van der Waals surface area (Å²) in [6.45, 7) is 7.06. The van der Waals surface area contributed by atoms with Crippen LogP contribution < -0.4 is 15.2 Å². The van der Waals surface area contributed by atoms with Crippen LogP contribution in [-0.4, -0.2) is 55.5 Å². The van der Waals surface area contributed by atoms with Crippen molar-refractivity contribution in [2.45, 2.75) is 58.0 Å². The molecule has 1 N–H and O–H groups in total. The Morgan fingerprint density at radius 3 is 2.32 bits per heavy atom. The summed E-state index contributed by atoms with van der Waals surface area (Å²) >= 11 is 0. The summed E-state index contributed by atoms with van der Waals surface area (Å²) in [4.78, 5) is 44.1. The molecule has 0 radical (unpaired) electrons. The summed E-state index contributed by atoms with van der Waals surface area (Å²) in [5, 5.41) is 2.67. The number of ether oxygens (including phenoxy) is 2. The van der Waals surface area contributed by atoms with E-state index in [0.717, 1.165) is 12.1 Å². The van der Waals surface area contributed by atoms with E-state index in [1.165, 1.54) is 18.9 Å². The van der Waals surface area contributed by atoms with Gasteiger partial charge in [-0.25, -0.2) is 13.8 Å². The summed E-state index contributed by atoms with van der Waals surface area (Å²) in [6, 6.07) is 4.47. The number of pyridine rings is 1. The predicted octanol–water partition coefficient (Wildman–Crippen LogP) is 3.32. The Morgan fingerprint density at radius 2 is 1.76 bits per heavy atom. The number of aromatic nitrogens is 1. The number of hydrogen-bond acceptors (Lipinski definition) is 6. The molecule has 0 spiro atoms. The molecule has 198 valence electrons. The van der Waals surface area contributed by atoms with Gasteiger partial charge in [-0.15, -0.1) is 0 Å². The highest BCUT2D eigenvalue weighted by Gasteiger charge is 2.44. The SMILES string of the molecule is COc1ccc2c(n1)CCN(C(=O)C1CC(OC(C)=O)C1)[C@H]2C(=O)Nc1cc(F)c([Si](C)(C)C)c(F)c1. The Labute approximate surface area is 215 Å². The molecule has 0 bridgehead atoms. The minimum absolute atomic E-state index is 0.0263. The molecule has 2 heterocycles. The van der Waals surface area contributed by atoms with Gasteiger partial charge in [0.05, 0.1) is 20.9 Å². The molecule has 37 heavy (non-hydrogen) atoms. The lowest BCUT2D eigenvalue weighted by atomic mass is 9.80. The predicted molar refractivity (Wildman–Crippen MR) is 135 cm³/mol. The second-order valence-electron chi connectivity index (χ2n) is 10.5. The zero-order valence-electron chi connectivity index (χ0n) is 21.6. The van der Waals surface area contributed by atoms with E-state index in [2.05, 4.69) is 10.3 Å². The molecule has 0 saturated heterocycles. The van der Waals surface area contributed by atoms with Crippen LogP contribution >= 0.6 is 0 Å². The number of nitrogens with zero attached hydrogens (tertiary/aromatic N) is 2. The quantitative estimate of drug-likeness (QED) is 0.454. The molecule has 1 aromatic carbocycles. The van der Waals surface area contributed by atoms with Crippen LogP contribution in [-0.2, 0) is 25.5 Å². The Hall–Kier alpha value is -3.34. The number of anilines is 1.